The van der Waals surface area contributed by atoms with Gasteiger partial charge in [-0.05, 0) is 19.1 Å². The Morgan fingerprint density at radius 3 is 3.14 bits per heavy atom. The summed E-state index contributed by atoms with van der Waals surface area (Å²) in [6.45, 7) is 2.03. The molecule has 5 heteroatoms. The number of hydrogen-bond acceptors (Lipinski definition) is 4. The first kappa shape index (κ1) is 13.1. The van der Waals surface area contributed by atoms with E-state index < -0.39 is 0 Å². The standard InChI is InChI=1S/C16H15N5/c1-12(5-7-17)21-9-3-2-4-13(10-21)15-14-6-8-18-16(14)20-11-19-15/h2-4,6,8-12H,5H2,1H3,(H,18,19,20). The van der Waals surface area contributed by atoms with E-state index in [1.54, 1.807) is 6.33 Å². The Morgan fingerprint density at radius 1 is 1.38 bits per heavy atom. The van der Waals surface area contributed by atoms with Crippen LogP contribution in [0.15, 0.2) is 49.2 Å². The molecule has 3 rings (SSSR count). The van der Waals surface area contributed by atoms with Crippen molar-refractivity contribution in [2.75, 3.05) is 0 Å². The van der Waals surface area contributed by atoms with Crippen molar-refractivity contribution in [3.8, 4) is 6.07 Å². The van der Waals surface area contributed by atoms with Crippen molar-refractivity contribution in [1.29, 1.82) is 5.26 Å². The van der Waals surface area contributed by atoms with E-state index in [0.717, 1.165) is 22.3 Å². The number of aromatic amines is 1. The van der Waals surface area contributed by atoms with Crippen LogP contribution in [-0.4, -0.2) is 25.9 Å². The minimum absolute atomic E-state index is 0.115. The Balaban J connectivity index is 2.04. The molecule has 1 aliphatic heterocycles. The van der Waals surface area contributed by atoms with Crippen LogP contribution in [0.3, 0.4) is 0 Å². The lowest BCUT2D eigenvalue weighted by atomic mass is 10.1. The fourth-order valence-corrected chi connectivity index (χ4v) is 2.31. The molecule has 2 aromatic rings. The molecule has 0 aliphatic carbocycles. The Bertz CT molecular complexity index is 775. The largest absolute Gasteiger partial charge is 0.350 e. The molecule has 0 spiro atoms. The molecule has 0 bridgehead atoms. The van der Waals surface area contributed by atoms with Crippen molar-refractivity contribution in [3.05, 3.63) is 54.9 Å². The summed E-state index contributed by atoms with van der Waals surface area (Å²) in [5.41, 5.74) is 2.70. The summed E-state index contributed by atoms with van der Waals surface area (Å²) in [5.74, 6) is 0. The number of hydrogen-bond donors (Lipinski definition) is 1. The molecule has 3 heterocycles. The van der Waals surface area contributed by atoms with E-state index in [-0.39, 0.29) is 6.04 Å². The van der Waals surface area contributed by atoms with Crippen LogP contribution in [-0.2, 0) is 0 Å². The summed E-state index contributed by atoms with van der Waals surface area (Å²) >= 11 is 0. The summed E-state index contributed by atoms with van der Waals surface area (Å²) in [6, 6.07) is 4.30. The van der Waals surface area contributed by atoms with Gasteiger partial charge >= 0.3 is 0 Å². The first-order valence-electron chi connectivity index (χ1n) is 6.79. The lowest BCUT2D eigenvalue weighted by Crippen LogP contribution is -2.22. The number of allylic oxidation sites excluding steroid dienone is 4. The SMILES string of the molecule is CC(CC#N)N1C=CC=CC(c2ncnc3[nH]ccc23)=C1. The first-order valence-corrected chi connectivity index (χ1v) is 6.79. The molecule has 0 aromatic carbocycles. The minimum atomic E-state index is 0.115. The van der Waals surface area contributed by atoms with Crippen LogP contribution in [0, 0.1) is 11.3 Å². The van der Waals surface area contributed by atoms with Crippen LogP contribution in [0.4, 0.5) is 0 Å². The molecule has 1 aliphatic rings. The van der Waals surface area contributed by atoms with Crippen molar-refractivity contribution >= 4 is 16.6 Å². The van der Waals surface area contributed by atoms with E-state index in [1.807, 2.05) is 54.7 Å². The maximum Gasteiger partial charge on any atom is 0.141 e. The fourth-order valence-electron chi connectivity index (χ4n) is 2.31. The van der Waals surface area contributed by atoms with E-state index in [4.69, 9.17) is 5.26 Å². The van der Waals surface area contributed by atoms with E-state index in [2.05, 4.69) is 21.0 Å². The average molecular weight is 277 g/mol. The second-order valence-corrected chi connectivity index (χ2v) is 4.91. The van der Waals surface area contributed by atoms with E-state index in [1.165, 1.54) is 0 Å². The highest BCUT2D eigenvalue weighted by Crippen LogP contribution is 2.24. The molecule has 0 saturated heterocycles. The average Bonchev–Trinajstić information content (AvgIpc) is 2.84. The normalized spacial score (nSPS) is 15.6. The topological polar surface area (TPSA) is 68.6 Å². The Labute approximate surface area is 122 Å². The second kappa shape index (κ2) is 5.63. The van der Waals surface area contributed by atoms with Crippen LogP contribution < -0.4 is 0 Å². The van der Waals surface area contributed by atoms with Gasteiger partial charge in [-0.25, -0.2) is 9.97 Å². The summed E-state index contributed by atoms with van der Waals surface area (Å²) in [6.07, 6.45) is 13.8. The molecule has 0 fully saturated rings. The second-order valence-electron chi connectivity index (χ2n) is 4.91. The van der Waals surface area contributed by atoms with E-state index in [0.29, 0.717) is 6.42 Å². The molecular weight excluding hydrogens is 262 g/mol. The monoisotopic (exact) mass is 277 g/mol. The summed E-state index contributed by atoms with van der Waals surface area (Å²) < 4.78 is 0. The number of fused-ring (bicyclic) bond motifs is 1. The molecule has 21 heavy (non-hydrogen) atoms. The van der Waals surface area contributed by atoms with Gasteiger partial charge in [-0.3, -0.25) is 0 Å². The highest BCUT2D eigenvalue weighted by Gasteiger charge is 2.13. The minimum Gasteiger partial charge on any atom is -0.350 e. The van der Waals surface area contributed by atoms with Gasteiger partial charge in [0, 0.05) is 35.6 Å². The molecule has 0 saturated carbocycles. The zero-order chi connectivity index (χ0) is 14.7. The van der Waals surface area contributed by atoms with Crippen molar-refractivity contribution < 1.29 is 0 Å². The maximum absolute atomic E-state index is 8.87. The first-order chi connectivity index (χ1) is 10.3. The summed E-state index contributed by atoms with van der Waals surface area (Å²) in [4.78, 5) is 13.8. The molecule has 1 atom stereocenters. The van der Waals surface area contributed by atoms with Crippen LogP contribution in [0.25, 0.3) is 16.6 Å². The predicted molar refractivity (Wildman–Crippen MR) is 81.7 cm³/mol. The number of aromatic nitrogens is 3. The van der Waals surface area contributed by atoms with Gasteiger partial charge in [0.15, 0.2) is 0 Å². The van der Waals surface area contributed by atoms with Crippen LogP contribution in [0.1, 0.15) is 19.0 Å². The molecule has 5 nitrogen and oxygen atoms in total. The number of nitriles is 1. The predicted octanol–water partition coefficient (Wildman–Crippen LogP) is 2.99. The molecule has 1 unspecified atom stereocenters. The van der Waals surface area contributed by atoms with Gasteiger partial charge in [0.25, 0.3) is 0 Å². The quantitative estimate of drug-likeness (QED) is 0.936. The molecule has 1 N–H and O–H groups in total. The molecule has 104 valence electrons. The van der Waals surface area contributed by atoms with Gasteiger partial charge < -0.3 is 9.88 Å². The van der Waals surface area contributed by atoms with Crippen molar-refractivity contribution in [1.82, 2.24) is 19.9 Å². The van der Waals surface area contributed by atoms with E-state index in [9.17, 15) is 0 Å². The summed E-state index contributed by atoms with van der Waals surface area (Å²) in [5, 5.41) is 9.86. The number of H-pyrrole nitrogens is 1. The lowest BCUT2D eigenvalue weighted by molar-refractivity contribution is 0.397. The lowest BCUT2D eigenvalue weighted by Gasteiger charge is -2.22. The molecule has 0 radical (unpaired) electrons. The Hall–Kier alpha value is -2.87. The van der Waals surface area contributed by atoms with Gasteiger partial charge in [0.1, 0.15) is 12.0 Å². The van der Waals surface area contributed by atoms with Gasteiger partial charge in [0.05, 0.1) is 18.2 Å². The third kappa shape index (κ3) is 2.56. The third-order valence-corrected chi connectivity index (χ3v) is 3.46. The Morgan fingerprint density at radius 2 is 2.29 bits per heavy atom. The van der Waals surface area contributed by atoms with Crippen LogP contribution in [0.5, 0.6) is 0 Å². The fraction of sp³-hybridized carbons (Fsp3) is 0.188. The number of rotatable bonds is 3. The van der Waals surface area contributed by atoms with Crippen LogP contribution in [0.2, 0.25) is 0 Å². The number of nitrogens with zero attached hydrogens (tertiary/aromatic N) is 4. The zero-order valence-electron chi connectivity index (χ0n) is 11.7. The smallest absolute Gasteiger partial charge is 0.141 e. The third-order valence-electron chi connectivity index (χ3n) is 3.46. The molecule has 2 aromatic heterocycles. The zero-order valence-corrected chi connectivity index (χ0v) is 11.7. The summed E-state index contributed by atoms with van der Waals surface area (Å²) in [7, 11) is 0. The van der Waals surface area contributed by atoms with E-state index >= 15 is 0 Å². The highest BCUT2D eigenvalue weighted by molar-refractivity contribution is 5.90. The highest BCUT2D eigenvalue weighted by atomic mass is 15.1. The number of nitrogens with one attached hydrogen (secondary N) is 1. The van der Waals surface area contributed by atoms with Gasteiger partial charge in [-0.2, -0.15) is 5.26 Å². The van der Waals surface area contributed by atoms with Gasteiger partial charge in [-0.15, -0.1) is 0 Å². The van der Waals surface area contributed by atoms with Crippen molar-refractivity contribution in [2.45, 2.75) is 19.4 Å². The van der Waals surface area contributed by atoms with Crippen molar-refractivity contribution in [3.63, 3.8) is 0 Å². The Kier molecular flexibility index (Phi) is 3.52. The van der Waals surface area contributed by atoms with Gasteiger partial charge in [-0.1, -0.05) is 12.2 Å². The maximum atomic E-state index is 8.87. The van der Waals surface area contributed by atoms with Crippen LogP contribution >= 0.6 is 0 Å². The molecule has 0 amide bonds. The molecular formula is C16H15N5. The van der Waals surface area contributed by atoms with Crippen molar-refractivity contribution in [2.24, 2.45) is 0 Å². The van der Waals surface area contributed by atoms with Gasteiger partial charge in [0.2, 0.25) is 0 Å².